The van der Waals surface area contributed by atoms with Crippen molar-refractivity contribution < 1.29 is 0 Å². The number of halogens is 2. The first-order chi connectivity index (χ1) is 6.37. The highest BCUT2D eigenvalue weighted by atomic mass is 127. The molecule has 0 heterocycles. The summed E-state index contributed by atoms with van der Waals surface area (Å²) < 4.78 is 0.572. The molecular weight excluding hydrogens is 398 g/mol. The van der Waals surface area contributed by atoms with Crippen molar-refractivity contribution in [3.05, 3.63) is 33.4 Å². The molecule has 0 unspecified atom stereocenters. The summed E-state index contributed by atoms with van der Waals surface area (Å²) in [5, 5.41) is 0. The third kappa shape index (κ3) is 2.10. The van der Waals surface area contributed by atoms with Crippen LogP contribution in [0.5, 0.6) is 0 Å². The molecular formula is C12H16I2. The van der Waals surface area contributed by atoms with Gasteiger partial charge in [0.1, 0.15) is 0 Å². The average molecular weight is 414 g/mol. The van der Waals surface area contributed by atoms with Gasteiger partial charge in [0.15, 0.2) is 0 Å². The molecule has 0 atom stereocenters. The van der Waals surface area contributed by atoms with Crippen molar-refractivity contribution in [1.82, 2.24) is 0 Å². The van der Waals surface area contributed by atoms with Crippen LogP contribution in [0, 0.1) is 34.6 Å². The zero-order chi connectivity index (χ0) is 11.0. The lowest BCUT2D eigenvalue weighted by molar-refractivity contribution is 1.13. The van der Waals surface area contributed by atoms with Gasteiger partial charge >= 0.3 is 0 Å². The number of hydrogen-bond acceptors (Lipinski definition) is 0. The number of benzene rings is 1. The average Bonchev–Trinajstić information content (AvgIpc) is 2.11. The Hall–Kier alpha value is 0.680. The van der Waals surface area contributed by atoms with Gasteiger partial charge in [-0.2, -0.15) is 0 Å². The van der Waals surface area contributed by atoms with Crippen LogP contribution in [0.4, 0.5) is 0 Å². The van der Waals surface area contributed by atoms with Gasteiger partial charge in [0.05, 0.1) is 1.93 Å². The Bertz CT molecular complexity index is 336. The van der Waals surface area contributed by atoms with Gasteiger partial charge in [-0.25, -0.2) is 0 Å². The Morgan fingerprint density at radius 2 is 0.929 bits per heavy atom. The maximum atomic E-state index is 2.49. The molecule has 1 aromatic carbocycles. The second-order valence-electron chi connectivity index (χ2n) is 3.84. The third-order valence-electron chi connectivity index (χ3n) is 3.28. The summed E-state index contributed by atoms with van der Waals surface area (Å²) in [6.07, 6.45) is 0. The monoisotopic (exact) mass is 414 g/mol. The molecule has 0 nitrogen and oxygen atoms in total. The van der Waals surface area contributed by atoms with Gasteiger partial charge in [0.2, 0.25) is 0 Å². The molecule has 14 heavy (non-hydrogen) atoms. The van der Waals surface area contributed by atoms with Crippen LogP contribution in [0.1, 0.15) is 35.3 Å². The van der Waals surface area contributed by atoms with Crippen LogP contribution in [0.2, 0.25) is 0 Å². The van der Waals surface area contributed by atoms with E-state index < -0.39 is 0 Å². The van der Waals surface area contributed by atoms with Crippen LogP contribution in [0.15, 0.2) is 0 Å². The summed E-state index contributed by atoms with van der Waals surface area (Å²) in [5.74, 6) is 0. The minimum absolute atomic E-state index is 0.572. The van der Waals surface area contributed by atoms with Gasteiger partial charge in [0.25, 0.3) is 0 Å². The summed E-state index contributed by atoms with van der Waals surface area (Å²) in [6.45, 7) is 11.2. The largest absolute Gasteiger partial charge is 0.0880 e. The number of rotatable bonds is 1. The number of alkyl halides is 2. The first-order valence-corrected chi connectivity index (χ1v) is 7.22. The number of hydrogen-bond donors (Lipinski definition) is 0. The van der Waals surface area contributed by atoms with E-state index in [1.54, 1.807) is 0 Å². The van der Waals surface area contributed by atoms with Gasteiger partial charge in [0, 0.05) is 0 Å². The van der Waals surface area contributed by atoms with E-state index >= 15 is 0 Å². The Morgan fingerprint density at radius 3 is 1.21 bits per heavy atom. The predicted octanol–water partition coefficient (Wildman–Crippen LogP) is 5.10. The van der Waals surface area contributed by atoms with Crippen LogP contribution >= 0.6 is 45.2 Å². The normalized spacial score (nSPS) is 11.1. The third-order valence-corrected chi connectivity index (χ3v) is 4.52. The molecule has 0 saturated heterocycles. The Kier molecular flexibility index (Phi) is 4.26. The molecule has 0 saturated carbocycles. The zero-order valence-electron chi connectivity index (χ0n) is 9.33. The van der Waals surface area contributed by atoms with E-state index in [4.69, 9.17) is 0 Å². The fourth-order valence-electron chi connectivity index (χ4n) is 1.86. The van der Waals surface area contributed by atoms with Gasteiger partial charge in [-0.3, -0.25) is 0 Å². The lowest BCUT2D eigenvalue weighted by Crippen LogP contribution is -2.01. The molecule has 0 aliphatic carbocycles. The topological polar surface area (TPSA) is 0 Å². The van der Waals surface area contributed by atoms with Crippen molar-refractivity contribution in [3.8, 4) is 0 Å². The predicted molar refractivity (Wildman–Crippen MR) is 80.9 cm³/mol. The summed E-state index contributed by atoms with van der Waals surface area (Å²) in [6, 6.07) is 0. The van der Waals surface area contributed by atoms with Crippen LogP contribution in [-0.2, 0) is 0 Å². The van der Waals surface area contributed by atoms with Crippen molar-refractivity contribution >= 4 is 45.2 Å². The fraction of sp³-hybridized carbons (Fsp3) is 0.500. The zero-order valence-corrected chi connectivity index (χ0v) is 13.6. The molecule has 2 heteroatoms. The van der Waals surface area contributed by atoms with Crippen LogP contribution in [-0.4, -0.2) is 0 Å². The summed E-state index contributed by atoms with van der Waals surface area (Å²) in [5.41, 5.74) is 8.84. The van der Waals surface area contributed by atoms with Gasteiger partial charge in [-0.15, -0.1) is 0 Å². The highest BCUT2D eigenvalue weighted by molar-refractivity contribution is 14.2. The molecule has 0 radical (unpaired) electrons. The molecule has 1 aromatic rings. The van der Waals surface area contributed by atoms with E-state index in [0.717, 1.165) is 0 Å². The van der Waals surface area contributed by atoms with Crippen LogP contribution < -0.4 is 0 Å². The molecule has 0 amide bonds. The Balaban J connectivity index is 3.60. The van der Waals surface area contributed by atoms with Crippen molar-refractivity contribution in [2.75, 3.05) is 0 Å². The lowest BCUT2D eigenvalue weighted by atomic mass is 9.90. The van der Waals surface area contributed by atoms with Crippen molar-refractivity contribution in [2.45, 2.75) is 36.6 Å². The van der Waals surface area contributed by atoms with Crippen LogP contribution in [0.3, 0.4) is 0 Å². The van der Waals surface area contributed by atoms with Crippen molar-refractivity contribution in [2.24, 2.45) is 0 Å². The molecule has 0 aromatic heterocycles. The quantitative estimate of drug-likeness (QED) is 0.444. The standard InChI is InChI=1S/C12H16I2/c1-6-7(2)9(4)11(12(13)14)10(5)8(6)3/h12H,1-5H3. The molecule has 0 aliphatic heterocycles. The van der Waals surface area contributed by atoms with E-state index in [2.05, 4.69) is 79.8 Å². The summed E-state index contributed by atoms with van der Waals surface area (Å²) >= 11 is 4.98. The van der Waals surface area contributed by atoms with Crippen molar-refractivity contribution in [1.29, 1.82) is 0 Å². The first-order valence-electron chi connectivity index (χ1n) is 4.73. The highest BCUT2D eigenvalue weighted by Gasteiger charge is 2.15. The molecule has 0 spiro atoms. The van der Waals surface area contributed by atoms with Gasteiger partial charge in [-0.1, -0.05) is 45.2 Å². The Labute approximate surface area is 114 Å². The molecule has 78 valence electrons. The van der Waals surface area contributed by atoms with Gasteiger partial charge in [-0.05, 0) is 68.0 Å². The van der Waals surface area contributed by atoms with E-state index in [1.165, 1.54) is 33.4 Å². The maximum Gasteiger partial charge on any atom is 0.0880 e. The minimum Gasteiger partial charge on any atom is -0.0657 e. The fourth-order valence-corrected chi connectivity index (χ4v) is 3.72. The minimum atomic E-state index is 0.572. The maximum absolute atomic E-state index is 2.49. The lowest BCUT2D eigenvalue weighted by Gasteiger charge is -2.19. The van der Waals surface area contributed by atoms with E-state index in [0.29, 0.717) is 1.93 Å². The second kappa shape index (κ2) is 4.68. The molecule has 0 bridgehead atoms. The van der Waals surface area contributed by atoms with E-state index in [-0.39, 0.29) is 0 Å². The second-order valence-corrected chi connectivity index (χ2v) is 8.71. The van der Waals surface area contributed by atoms with Crippen LogP contribution in [0.25, 0.3) is 0 Å². The highest BCUT2D eigenvalue weighted by Crippen LogP contribution is 2.38. The smallest absolute Gasteiger partial charge is 0.0657 e. The molecule has 0 N–H and O–H groups in total. The first kappa shape index (κ1) is 12.7. The molecule has 0 fully saturated rings. The van der Waals surface area contributed by atoms with E-state index in [1.807, 2.05) is 0 Å². The molecule has 0 aliphatic rings. The summed E-state index contributed by atoms with van der Waals surface area (Å²) in [4.78, 5) is 0. The SMILES string of the molecule is Cc1c(C)c(C)c(C(I)I)c(C)c1C. The van der Waals surface area contributed by atoms with Gasteiger partial charge < -0.3 is 0 Å². The van der Waals surface area contributed by atoms with E-state index in [9.17, 15) is 0 Å². The summed E-state index contributed by atoms with van der Waals surface area (Å²) in [7, 11) is 0. The van der Waals surface area contributed by atoms with Crippen molar-refractivity contribution in [3.63, 3.8) is 0 Å². The Morgan fingerprint density at radius 1 is 0.643 bits per heavy atom. The molecule has 1 rings (SSSR count).